The minimum atomic E-state index is -0.954. The first-order chi connectivity index (χ1) is 9.60. The summed E-state index contributed by atoms with van der Waals surface area (Å²) in [6.07, 6.45) is 0.584. The van der Waals surface area contributed by atoms with Gasteiger partial charge in [-0.3, -0.25) is 0 Å². The van der Waals surface area contributed by atoms with Crippen molar-refractivity contribution in [3.63, 3.8) is 0 Å². The van der Waals surface area contributed by atoms with Gasteiger partial charge in [0.1, 0.15) is 6.61 Å². The molecule has 0 fully saturated rings. The van der Waals surface area contributed by atoms with Crippen molar-refractivity contribution in [2.45, 2.75) is 13.0 Å². The number of benzene rings is 2. The molecule has 0 unspecified atom stereocenters. The van der Waals surface area contributed by atoms with Crippen LogP contribution in [0.1, 0.15) is 11.1 Å². The molecule has 0 aliphatic heterocycles. The molecule has 5 heteroatoms. The topological polar surface area (TPSA) is 35.2 Å². The molecule has 2 nitrogen and oxygen atoms in total. The second-order valence-electron chi connectivity index (χ2n) is 4.34. The zero-order chi connectivity index (χ0) is 14.5. The molecular formula is C15H14F3NO. The highest BCUT2D eigenvalue weighted by Crippen LogP contribution is 2.20. The van der Waals surface area contributed by atoms with Crippen LogP contribution in [0.25, 0.3) is 0 Å². The van der Waals surface area contributed by atoms with Gasteiger partial charge >= 0.3 is 0 Å². The summed E-state index contributed by atoms with van der Waals surface area (Å²) in [7, 11) is 0. The molecule has 0 aromatic heterocycles. The molecule has 106 valence electrons. The molecule has 0 saturated carbocycles. The molecular weight excluding hydrogens is 267 g/mol. The van der Waals surface area contributed by atoms with Crippen molar-refractivity contribution in [3.8, 4) is 5.75 Å². The molecule has 2 aromatic carbocycles. The van der Waals surface area contributed by atoms with E-state index in [0.29, 0.717) is 18.5 Å². The maximum absolute atomic E-state index is 13.7. The second-order valence-corrected chi connectivity index (χ2v) is 4.34. The van der Waals surface area contributed by atoms with Gasteiger partial charge in [0.15, 0.2) is 23.2 Å². The Morgan fingerprint density at radius 3 is 2.20 bits per heavy atom. The van der Waals surface area contributed by atoms with Crippen molar-refractivity contribution in [2.24, 2.45) is 5.73 Å². The fourth-order valence-electron chi connectivity index (χ4n) is 1.77. The molecule has 0 aliphatic carbocycles. The Morgan fingerprint density at radius 2 is 1.55 bits per heavy atom. The quantitative estimate of drug-likeness (QED) is 0.913. The van der Waals surface area contributed by atoms with Crippen LogP contribution in [0.3, 0.4) is 0 Å². The van der Waals surface area contributed by atoms with Gasteiger partial charge in [-0.2, -0.15) is 0 Å². The Kier molecular flexibility index (Phi) is 4.63. The van der Waals surface area contributed by atoms with E-state index in [-0.39, 0.29) is 12.4 Å². The van der Waals surface area contributed by atoms with E-state index >= 15 is 0 Å². The lowest BCUT2D eigenvalue weighted by atomic mass is 10.1. The van der Waals surface area contributed by atoms with Crippen molar-refractivity contribution in [1.82, 2.24) is 0 Å². The maximum Gasteiger partial charge on any atom is 0.165 e. The largest absolute Gasteiger partial charge is 0.486 e. The predicted molar refractivity (Wildman–Crippen MR) is 69.8 cm³/mol. The molecule has 20 heavy (non-hydrogen) atoms. The van der Waals surface area contributed by atoms with Gasteiger partial charge < -0.3 is 10.5 Å². The normalized spacial score (nSPS) is 10.6. The summed E-state index contributed by atoms with van der Waals surface area (Å²) in [4.78, 5) is 0. The van der Waals surface area contributed by atoms with Gasteiger partial charge in [-0.05, 0) is 48.4 Å². The molecule has 0 atom stereocenters. The summed E-state index contributed by atoms with van der Waals surface area (Å²) in [5.41, 5.74) is 6.60. The summed E-state index contributed by atoms with van der Waals surface area (Å²) < 4.78 is 44.7. The first kappa shape index (κ1) is 14.4. The van der Waals surface area contributed by atoms with Crippen molar-refractivity contribution in [2.75, 3.05) is 6.54 Å². The highest BCUT2D eigenvalue weighted by Gasteiger charge is 2.07. The lowest BCUT2D eigenvalue weighted by Gasteiger charge is -2.09. The number of rotatable bonds is 5. The third-order valence-electron chi connectivity index (χ3n) is 2.81. The second kappa shape index (κ2) is 6.43. The average molecular weight is 281 g/mol. The van der Waals surface area contributed by atoms with E-state index in [4.69, 9.17) is 10.5 Å². The number of nitrogens with two attached hydrogens (primary N) is 1. The van der Waals surface area contributed by atoms with Gasteiger partial charge in [-0.25, -0.2) is 13.2 Å². The van der Waals surface area contributed by atoms with Crippen LogP contribution < -0.4 is 10.5 Å². The SMILES string of the molecule is NCCc1ccc(OCc2ccc(F)c(F)c2)c(F)c1. The van der Waals surface area contributed by atoms with Crippen LogP contribution in [0.4, 0.5) is 13.2 Å². The summed E-state index contributed by atoms with van der Waals surface area (Å²) in [5, 5.41) is 0. The van der Waals surface area contributed by atoms with E-state index in [0.717, 1.165) is 17.7 Å². The van der Waals surface area contributed by atoms with Crippen molar-refractivity contribution >= 4 is 0 Å². The van der Waals surface area contributed by atoms with E-state index < -0.39 is 17.5 Å². The van der Waals surface area contributed by atoms with E-state index in [1.54, 1.807) is 6.07 Å². The van der Waals surface area contributed by atoms with Crippen LogP contribution >= 0.6 is 0 Å². The smallest absolute Gasteiger partial charge is 0.165 e. The van der Waals surface area contributed by atoms with Crippen molar-refractivity contribution in [1.29, 1.82) is 0 Å². The number of halogens is 3. The maximum atomic E-state index is 13.7. The number of ether oxygens (including phenoxy) is 1. The van der Waals surface area contributed by atoms with E-state index in [1.807, 2.05) is 0 Å². The van der Waals surface area contributed by atoms with Gasteiger partial charge in [0.2, 0.25) is 0 Å². The molecule has 2 aromatic rings. The fourth-order valence-corrected chi connectivity index (χ4v) is 1.77. The highest BCUT2D eigenvalue weighted by molar-refractivity contribution is 5.30. The first-order valence-corrected chi connectivity index (χ1v) is 6.15. The predicted octanol–water partition coefficient (Wildman–Crippen LogP) is 3.18. The van der Waals surface area contributed by atoms with Gasteiger partial charge in [0, 0.05) is 0 Å². The van der Waals surface area contributed by atoms with E-state index in [1.165, 1.54) is 18.2 Å². The molecule has 2 N–H and O–H groups in total. The molecule has 0 amide bonds. The standard InChI is InChI=1S/C15H14F3NO/c16-12-3-1-11(8-13(12)17)9-20-15-4-2-10(5-6-19)7-14(15)18/h1-4,7-8H,5-6,9,19H2. The number of hydrogen-bond acceptors (Lipinski definition) is 2. The van der Waals surface area contributed by atoms with Gasteiger partial charge in [-0.15, -0.1) is 0 Å². The molecule has 0 bridgehead atoms. The fraction of sp³-hybridized carbons (Fsp3) is 0.200. The summed E-state index contributed by atoms with van der Waals surface area (Å²) in [5.74, 6) is -2.31. The zero-order valence-electron chi connectivity index (χ0n) is 10.7. The molecule has 0 aliphatic rings. The van der Waals surface area contributed by atoms with Gasteiger partial charge in [0.05, 0.1) is 0 Å². The Labute approximate surface area is 115 Å². The van der Waals surface area contributed by atoms with Crippen LogP contribution in [-0.4, -0.2) is 6.54 Å². The Hall–Kier alpha value is -2.01. The summed E-state index contributed by atoms with van der Waals surface area (Å²) >= 11 is 0. The number of hydrogen-bond donors (Lipinski definition) is 1. The van der Waals surface area contributed by atoms with Crippen molar-refractivity contribution < 1.29 is 17.9 Å². The van der Waals surface area contributed by atoms with Gasteiger partial charge in [-0.1, -0.05) is 12.1 Å². The third-order valence-corrected chi connectivity index (χ3v) is 2.81. The minimum absolute atomic E-state index is 0.0373. The minimum Gasteiger partial charge on any atom is -0.486 e. The van der Waals surface area contributed by atoms with Crippen LogP contribution in [0.2, 0.25) is 0 Å². The summed E-state index contributed by atoms with van der Waals surface area (Å²) in [6.45, 7) is 0.402. The summed E-state index contributed by atoms with van der Waals surface area (Å²) in [6, 6.07) is 7.99. The van der Waals surface area contributed by atoms with Crippen LogP contribution in [0, 0.1) is 17.5 Å². The third kappa shape index (κ3) is 3.51. The lowest BCUT2D eigenvalue weighted by molar-refractivity contribution is 0.289. The molecule has 0 heterocycles. The van der Waals surface area contributed by atoms with E-state index in [9.17, 15) is 13.2 Å². The zero-order valence-corrected chi connectivity index (χ0v) is 10.7. The molecule has 2 rings (SSSR count). The highest BCUT2D eigenvalue weighted by atomic mass is 19.2. The van der Waals surface area contributed by atoms with Crippen LogP contribution in [-0.2, 0) is 13.0 Å². The van der Waals surface area contributed by atoms with Gasteiger partial charge in [0.25, 0.3) is 0 Å². The Balaban J connectivity index is 2.05. The van der Waals surface area contributed by atoms with E-state index in [2.05, 4.69) is 0 Å². The molecule has 0 saturated heterocycles. The lowest BCUT2D eigenvalue weighted by Crippen LogP contribution is -2.04. The average Bonchev–Trinajstić information content (AvgIpc) is 2.42. The van der Waals surface area contributed by atoms with Crippen LogP contribution in [0.5, 0.6) is 5.75 Å². The Morgan fingerprint density at radius 1 is 0.850 bits per heavy atom. The molecule has 0 spiro atoms. The first-order valence-electron chi connectivity index (χ1n) is 6.15. The van der Waals surface area contributed by atoms with Crippen molar-refractivity contribution in [3.05, 3.63) is 65.0 Å². The monoisotopic (exact) mass is 281 g/mol. The van der Waals surface area contributed by atoms with Crippen LogP contribution in [0.15, 0.2) is 36.4 Å². The Bertz CT molecular complexity index is 602. The molecule has 0 radical (unpaired) electrons.